The topological polar surface area (TPSA) is 20.2 Å². The van der Waals surface area contributed by atoms with Crippen LogP contribution in [-0.4, -0.2) is 5.11 Å². The molecule has 1 nitrogen and oxygen atoms in total. The molecule has 19 heavy (non-hydrogen) atoms. The molecule has 3 unspecified atom stereocenters. The fraction of sp³-hybridized carbons (Fsp3) is 0.600. The summed E-state index contributed by atoms with van der Waals surface area (Å²) in [5.41, 5.74) is 0.459. The predicted octanol–water partition coefficient (Wildman–Crippen LogP) is 4.98. The molecule has 0 aliphatic heterocycles. The molecule has 1 aliphatic carbocycles. The third kappa shape index (κ3) is 3.16. The fourth-order valence-corrected chi connectivity index (χ4v) is 3.57. The van der Waals surface area contributed by atoms with Crippen molar-refractivity contribution in [3.8, 4) is 0 Å². The van der Waals surface area contributed by atoms with E-state index in [0.717, 1.165) is 31.7 Å². The molecule has 4 heteroatoms. The first-order chi connectivity index (χ1) is 9.04. The Balaban J connectivity index is 2.19. The van der Waals surface area contributed by atoms with Gasteiger partial charge in [0.2, 0.25) is 0 Å². The highest BCUT2D eigenvalue weighted by atomic mass is 79.9. The van der Waals surface area contributed by atoms with Crippen molar-refractivity contribution in [2.45, 2.75) is 45.1 Å². The molecule has 106 valence electrons. The Labute approximate surface area is 121 Å². The fourth-order valence-electron chi connectivity index (χ4n) is 3.01. The van der Waals surface area contributed by atoms with E-state index in [1.807, 2.05) is 0 Å². The van der Waals surface area contributed by atoms with Crippen LogP contribution in [0.1, 0.15) is 50.7 Å². The van der Waals surface area contributed by atoms with Gasteiger partial charge in [-0.05, 0) is 52.2 Å². The molecule has 0 bridgehead atoms. The van der Waals surface area contributed by atoms with Gasteiger partial charge in [-0.3, -0.25) is 0 Å². The van der Waals surface area contributed by atoms with Crippen LogP contribution in [0.25, 0.3) is 0 Å². The summed E-state index contributed by atoms with van der Waals surface area (Å²) in [6.45, 7) is 2.16. The molecule has 1 fully saturated rings. The highest BCUT2D eigenvalue weighted by Gasteiger charge is 2.29. The Morgan fingerprint density at radius 1 is 1.37 bits per heavy atom. The zero-order valence-corrected chi connectivity index (χ0v) is 12.6. The van der Waals surface area contributed by atoms with Crippen LogP contribution in [0.4, 0.5) is 8.78 Å². The first-order valence-corrected chi connectivity index (χ1v) is 7.65. The van der Waals surface area contributed by atoms with Crippen molar-refractivity contribution < 1.29 is 13.9 Å². The number of benzene rings is 1. The maximum atomic E-state index is 13.5. The molecule has 1 aromatic rings. The second-order valence-corrected chi connectivity index (χ2v) is 6.20. The van der Waals surface area contributed by atoms with E-state index in [1.165, 1.54) is 12.5 Å². The molecular weight excluding hydrogens is 314 g/mol. The van der Waals surface area contributed by atoms with Crippen molar-refractivity contribution in [3.05, 3.63) is 33.8 Å². The normalized spacial score (nSPS) is 25.3. The minimum atomic E-state index is -0.917. The van der Waals surface area contributed by atoms with Gasteiger partial charge < -0.3 is 5.11 Å². The first-order valence-electron chi connectivity index (χ1n) is 6.86. The van der Waals surface area contributed by atoms with E-state index in [0.29, 0.717) is 11.5 Å². The maximum absolute atomic E-state index is 13.5. The summed E-state index contributed by atoms with van der Waals surface area (Å²) in [4.78, 5) is 0. The summed E-state index contributed by atoms with van der Waals surface area (Å²) in [5.74, 6) is -1.03. The molecule has 0 amide bonds. The second-order valence-electron chi connectivity index (χ2n) is 5.41. The number of hydrogen-bond donors (Lipinski definition) is 1. The van der Waals surface area contributed by atoms with E-state index < -0.39 is 17.7 Å². The summed E-state index contributed by atoms with van der Waals surface area (Å²) in [6, 6.07) is 2.56. The summed E-state index contributed by atoms with van der Waals surface area (Å²) in [5, 5.41) is 10.4. The lowest BCUT2D eigenvalue weighted by molar-refractivity contribution is 0.0669. The van der Waals surface area contributed by atoms with Crippen LogP contribution in [0.2, 0.25) is 0 Å². The van der Waals surface area contributed by atoms with Crippen molar-refractivity contribution in [2.24, 2.45) is 11.8 Å². The SMILES string of the molecule is CCC1CCCC(C(O)c2ccc(F)c(F)c2Br)C1. The molecular formula is C15H19BrF2O. The summed E-state index contributed by atoms with van der Waals surface area (Å²) < 4.78 is 26.7. The first kappa shape index (κ1) is 14.9. The van der Waals surface area contributed by atoms with Crippen LogP contribution in [-0.2, 0) is 0 Å². The molecule has 1 saturated carbocycles. The molecule has 3 atom stereocenters. The van der Waals surface area contributed by atoms with Crippen LogP contribution in [0.3, 0.4) is 0 Å². The van der Waals surface area contributed by atoms with Gasteiger partial charge in [0.15, 0.2) is 11.6 Å². The van der Waals surface area contributed by atoms with Crippen LogP contribution < -0.4 is 0 Å². The van der Waals surface area contributed by atoms with E-state index in [1.54, 1.807) is 0 Å². The van der Waals surface area contributed by atoms with Crippen molar-refractivity contribution in [1.82, 2.24) is 0 Å². The van der Waals surface area contributed by atoms with Gasteiger partial charge in [0.25, 0.3) is 0 Å². The summed E-state index contributed by atoms with van der Waals surface area (Å²) in [7, 11) is 0. The predicted molar refractivity (Wildman–Crippen MR) is 74.8 cm³/mol. The van der Waals surface area contributed by atoms with Crippen molar-refractivity contribution in [1.29, 1.82) is 0 Å². The zero-order valence-electron chi connectivity index (χ0n) is 11.0. The number of halogens is 3. The lowest BCUT2D eigenvalue weighted by Crippen LogP contribution is -2.21. The Morgan fingerprint density at radius 2 is 2.11 bits per heavy atom. The van der Waals surface area contributed by atoms with Crippen molar-refractivity contribution in [2.75, 3.05) is 0 Å². The molecule has 1 N–H and O–H groups in total. The van der Waals surface area contributed by atoms with Gasteiger partial charge >= 0.3 is 0 Å². The minimum Gasteiger partial charge on any atom is -0.388 e. The summed E-state index contributed by atoms with van der Waals surface area (Å²) >= 11 is 3.06. The smallest absolute Gasteiger partial charge is 0.173 e. The number of rotatable bonds is 3. The lowest BCUT2D eigenvalue weighted by Gasteiger charge is -2.32. The molecule has 0 saturated heterocycles. The second kappa shape index (κ2) is 6.31. The van der Waals surface area contributed by atoms with Gasteiger partial charge in [-0.2, -0.15) is 0 Å². The van der Waals surface area contributed by atoms with Crippen LogP contribution in [0, 0.1) is 23.5 Å². The molecule has 2 rings (SSSR count). The van der Waals surface area contributed by atoms with Gasteiger partial charge in [0.1, 0.15) is 0 Å². The maximum Gasteiger partial charge on any atom is 0.173 e. The van der Waals surface area contributed by atoms with Gasteiger partial charge in [0, 0.05) is 0 Å². The van der Waals surface area contributed by atoms with Crippen LogP contribution in [0.5, 0.6) is 0 Å². The van der Waals surface area contributed by atoms with E-state index in [-0.39, 0.29) is 10.4 Å². The van der Waals surface area contributed by atoms with E-state index in [2.05, 4.69) is 22.9 Å². The minimum absolute atomic E-state index is 0.0543. The Hall–Kier alpha value is -0.480. The molecule has 1 aromatic carbocycles. The van der Waals surface area contributed by atoms with Gasteiger partial charge in [-0.25, -0.2) is 8.78 Å². The molecule has 0 spiro atoms. The Bertz CT molecular complexity index is 450. The molecule has 1 aliphatic rings. The van der Waals surface area contributed by atoms with Crippen molar-refractivity contribution >= 4 is 15.9 Å². The van der Waals surface area contributed by atoms with Gasteiger partial charge in [-0.1, -0.05) is 32.3 Å². The molecule has 0 heterocycles. The standard InChI is InChI=1S/C15H19BrF2O/c1-2-9-4-3-5-10(8-9)15(19)11-6-7-12(17)14(18)13(11)16/h6-7,9-10,15,19H,2-5,8H2,1H3. The number of aliphatic hydroxyl groups excluding tert-OH is 1. The van der Waals surface area contributed by atoms with Gasteiger partial charge in [-0.15, -0.1) is 0 Å². The number of aliphatic hydroxyl groups is 1. The van der Waals surface area contributed by atoms with Gasteiger partial charge in [0.05, 0.1) is 10.6 Å². The Morgan fingerprint density at radius 3 is 2.79 bits per heavy atom. The average Bonchev–Trinajstić information content (AvgIpc) is 2.44. The molecule has 0 aromatic heterocycles. The Kier molecular flexibility index (Phi) is 4.96. The largest absolute Gasteiger partial charge is 0.388 e. The summed E-state index contributed by atoms with van der Waals surface area (Å²) in [6.07, 6.45) is 4.60. The highest BCUT2D eigenvalue weighted by Crippen LogP contribution is 2.40. The average molecular weight is 333 g/mol. The molecule has 0 radical (unpaired) electrons. The third-order valence-corrected chi connectivity index (χ3v) is 5.04. The van der Waals surface area contributed by atoms with Crippen LogP contribution >= 0.6 is 15.9 Å². The number of hydrogen-bond acceptors (Lipinski definition) is 1. The quantitative estimate of drug-likeness (QED) is 0.774. The van der Waals surface area contributed by atoms with E-state index in [9.17, 15) is 13.9 Å². The van der Waals surface area contributed by atoms with E-state index >= 15 is 0 Å². The highest BCUT2D eigenvalue weighted by molar-refractivity contribution is 9.10. The van der Waals surface area contributed by atoms with E-state index in [4.69, 9.17) is 0 Å². The lowest BCUT2D eigenvalue weighted by atomic mass is 9.76. The monoisotopic (exact) mass is 332 g/mol. The van der Waals surface area contributed by atoms with Crippen molar-refractivity contribution in [3.63, 3.8) is 0 Å². The third-order valence-electron chi connectivity index (χ3n) is 4.23. The zero-order chi connectivity index (χ0) is 14.0. The van der Waals surface area contributed by atoms with Crippen LogP contribution in [0.15, 0.2) is 16.6 Å².